The molecule has 2 heterocycles. The number of rotatable bonds is 1. The Morgan fingerprint density at radius 2 is 2.17 bits per heavy atom. The van der Waals surface area contributed by atoms with Gasteiger partial charge in [-0.3, -0.25) is 0 Å². The number of methoxy groups -OCH3 is 1. The number of anilines is 1. The van der Waals surface area contributed by atoms with Gasteiger partial charge >= 0.3 is 0 Å². The maximum atomic E-state index is 5.35. The number of hydrogen-bond acceptors (Lipinski definition) is 7. The van der Waals surface area contributed by atoms with Crippen LogP contribution in [0.15, 0.2) is 4.63 Å². The zero-order valence-corrected chi connectivity index (χ0v) is 6.18. The van der Waals surface area contributed by atoms with Crippen molar-refractivity contribution in [3.05, 3.63) is 0 Å². The van der Waals surface area contributed by atoms with E-state index >= 15 is 0 Å². The molecule has 0 unspecified atom stereocenters. The van der Waals surface area contributed by atoms with Crippen molar-refractivity contribution in [3.63, 3.8) is 0 Å². The average Bonchev–Trinajstić information content (AvgIpc) is 2.50. The minimum atomic E-state index is 0.0788. The molecule has 0 bridgehead atoms. The molecule has 62 valence electrons. The van der Waals surface area contributed by atoms with E-state index in [1.807, 2.05) is 0 Å². The van der Waals surface area contributed by atoms with Gasteiger partial charge in [-0.25, -0.2) is 4.63 Å². The Kier molecular flexibility index (Phi) is 1.29. The third-order valence-corrected chi connectivity index (χ3v) is 1.30. The van der Waals surface area contributed by atoms with Crippen LogP contribution < -0.4 is 10.5 Å². The van der Waals surface area contributed by atoms with Crippen LogP contribution in [0, 0.1) is 0 Å². The van der Waals surface area contributed by atoms with Crippen LogP contribution in [0.2, 0.25) is 0 Å². The van der Waals surface area contributed by atoms with E-state index in [1.165, 1.54) is 7.11 Å². The predicted octanol–water partition coefficient (Wildman–Crippen LogP) is -0.396. The van der Waals surface area contributed by atoms with E-state index in [1.54, 1.807) is 0 Å². The molecule has 7 nitrogen and oxygen atoms in total. The second kappa shape index (κ2) is 2.29. The predicted molar refractivity (Wildman–Crippen MR) is 38.4 cm³/mol. The zero-order valence-electron chi connectivity index (χ0n) is 6.18. The highest BCUT2D eigenvalue weighted by molar-refractivity contribution is 5.75. The largest absolute Gasteiger partial charge is 0.479 e. The van der Waals surface area contributed by atoms with Crippen LogP contribution in [0.25, 0.3) is 11.2 Å². The molecule has 2 N–H and O–H groups in total. The normalized spacial score (nSPS) is 10.4. The van der Waals surface area contributed by atoms with Crippen LogP contribution >= 0.6 is 0 Å². The highest BCUT2D eigenvalue weighted by Crippen LogP contribution is 2.18. The fourth-order valence-electron chi connectivity index (χ4n) is 0.825. The smallest absolute Gasteiger partial charge is 0.250 e. The number of nitrogens with two attached hydrogens (primary N) is 1. The fourth-order valence-corrected chi connectivity index (χ4v) is 0.825. The maximum Gasteiger partial charge on any atom is 0.250 e. The summed E-state index contributed by atoms with van der Waals surface area (Å²) in [6.45, 7) is 0. The Labute approximate surface area is 66.5 Å². The van der Waals surface area contributed by atoms with Crippen molar-refractivity contribution in [2.75, 3.05) is 12.8 Å². The van der Waals surface area contributed by atoms with Gasteiger partial charge in [-0.1, -0.05) is 0 Å². The molecule has 2 rings (SSSR count). The molecular weight excluding hydrogens is 162 g/mol. The first-order chi connectivity index (χ1) is 5.81. The van der Waals surface area contributed by atoms with Gasteiger partial charge < -0.3 is 10.5 Å². The number of aromatic nitrogens is 4. The summed E-state index contributed by atoms with van der Waals surface area (Å²) < 4.78 is 9.30. The fraction of sp³-hybridized carbons (Fsp3) is 0.200. The lowest BCUT2D eigenvalue weighted by atomic mass is 10.5. The Morgan fingerprint density at radius 3 is 2.92 bits per heavy atom. The topological polar surface area (TPSA) is 100.0 Å². The number of fused-ring (bicyclic) bond motifs is 1. The van der Waals surface area contributed by atoms with E-state index in [4.69, 9.17) is 10.5 Å². The van der Waals surface area contributed by atoms with Crippen molar-refractivity contribution in [1.82, 2.24) is 20.3 Å². The van der Waals surface area contributed by atoms with E-state index in [-0.39, 0.29) is 11.8 Å². The van der Waals surface area contributed by atoms with Gasteiger partial charge in [0.05, 0.1) is 7.11 Å². The van der Waals surface area contributed by atoms with Crippen molar-refractivity contribution in [2.45, 2.75) is 0 Å². The summed E-state index contributed by atoms with van der Waals surface area (Å²) in [6, 6.07) is 0. The van der Waals surface area contributed by atoms with Gasteiger partial charge in [0.2, 0.25) is 17.1 Å². The summed E-state index contributed by atoms with van der Waals surface area (Å²) in [5, 5.41) is 7.03. The van der Waals surface area contributed by atoms with Gasteiger partial charge in [-0.15, -0.1) is 0 Å². The molecule has 2 aromatic heterocycles. The highest BCUT2D eigenvalue weighted by atomic mass is 16.6. The standard InChI is InChI=1S/C5H5N5O2/c1-11-4-2-3(10-12-9-2)7-5(6)8-4/h1H3,(H2,6,7,10). The molecule has 0 saturated carbocycles. The summed E-state index contributed by atoms with van der Waals surface area (Å²) in [5.41, 5.74) is 6.01. The van der Waals surface area contributed by atoms with Crippen molar-refractivity contribution in [2.24, 2.45) is 0 Å². The molecule has 0 aliphatic rings. The Bertz CT molecular complexity index is 411. The lowest BCUT2D eigenvalue weighted by molar-refractivity contribution is 0.312. The third-order valence-electron chi connectivity index (χ3n) is 1.30. The SMILES string of the molecule is COc1nc(N)nc2nonc12. The first kappa shape index (κ1) is 6.77. The zero-order chi connectivity index (χ0) is 8.55. The molecular formula is C5H5N5O2. The molecule has 12 heavy (non-hydrogen) atoms. The molecule has 0 atom stereocenters. The number of nitrogen functional groups attached to an aromatic ring is 1. The molecule has 0 fully saturated rings. The molecule has 0 radical (unpaired) electrons. The maximum absolute atomic E-state index is 5.35. The number of hydrogen-bond donors (Lipinski definition) is 1. The van der Waals surface area contributed by atoms with Crippen LogP contribution in [-0.4, -0.2) is 27.4 Å². The summed E-state index contributed by atoms with van der Waals surface area (Å²) in [5.74, 6) is 0.341. The van der Waals surface area contributed by atoms with E-state index < -0.39 is 0 Å². The van der Waals surface area contributed by atoms with Gasteiger partial charge in [0.1, 0.15) is 0 Å². The van der Waals surface area contributed by atoms with Gasteiger partial charge in [0.15, 0.2) is 0 Å². The Hall–Kier alpha value is -1.92. The lowest BCUT2D eigenvalue weighted by Gasteiger charge is -1.96. The van der Waals surface area contributed by atoms with E-state index in [0.717, 1.165) is 0 Å². The van der Waals surface area contributed by atoms with Crippen molar-refractivity contribution in [3.8, 4) is 5.88 Å². The van der Waals surface area contributed by atoms with Crippen LogP contribution in [0.3, 0.4) is 0 Å². The van der Waals surface area contributed by atoms with Gasteiger partial charge in [0.25, 0.3) is 5.88 Å². The van der Waals surface area contributed by atoms with Crippen molar-refractivity contribution < 1.29 is 9.37 Å². The van der Waals surface area contributed by atoms with Crippen LogP contribution in [0.1, 0.15) is 0 Å². The van der Waals surface area contributed by atoms with Crippen LogP contribution in [0.5, 0.6) is 5.88 Å². The summed E-state index contributed by atoms with van der Waals surface area (Å²) in [4.78, 5) is 7.54. The molecule has 0 amide bonds. The third kappa shape index (κ3) is 0.831. The second-order valence-electron chi connectivity index (χ2n) is 2.03. The summed E-state index contributed by atoms with van der Waals surface area (Å²) in [6.07, 6.45) is 0. The van der Waals surface area contributed by atoms with E-state index in [9.17, 15) is 0 Å². The Balaban J connectivity index is 2.80. The molecule has 0 aromatic carbocycles. The first-order valence-electron chi connectivity index (χ1n) is 3.11. The van der Waals surface area contributed by atoms with Gasteiger partial charge in [0, 0.05) is 0 Å². The minimum Gasteiger partial charge on any atom is -0.479 e. The number of ether oxygens (including phenoxy) is 1. The van der Waals surface area contributed by atoms with Crippen molar-refractivity contribution >= 4 is 17.1 Å². The second-order valence-corrected chi connectivity index (χ2v) is 2.03. The average molecular weight is 167 g/mol. The molecule has 0 spiro atoms. The Morgan fingerprint density at radius 1 is 1.33 bits per heavy atom. The summed E-state index contributed by atoms with van der Waals surface area (Å²) in [7, 11) is 1.45. The highest BCUT2D eigenvalue weighted by Gasteiger charge is 2.10. The number of nitrogens with zero attached hydrogens (tertiary/aromatic N) is 4. The quantitative estimate of drug-likeness (QED) is 0.616. The van der Waals surface area contributed by atoms with Gasteiger partial charge in [-0.2, -0.15) is 9.97 Å². The van der Waals surface area contributed by atoms with Crippen LogP contribution in [0.4, 0.5) is 5.95 Å². The lowest BCUT2D eigenvalue weighted by Crippen LogP contribution is -1.98. The molecule has 0 aliphatic heterocycles. The molecule has 0 saturated heterocycles. The molecule has 7 heteroatoms. The summed E-state index contributed by atoms with van der Waals surface area (Å²) >= 11 is 0. The minimum absolute atomic E-state index is 0.0788. The van der Waals surface area contributed by atoms with E-state index in [0.29, 0.717) is 11.2 Å². The molecule has 0 aliphatic carbocycles. The monoisotopic (exact) mass is 167 g/mol. The van der Waals surface area contributed by atoms with Crippen LogP contribution in [-0.2, 0) is 0 Å². The van der Waals surface area contributed by atoms with Crippen molar-refractivity contribution in [1.29, 1.82) is 0 Å². The first-order valence-corrected chi connectivity index (χ1v) is 3.11. The van der Waals surface area contributed by atoms with E-state index in [2.05, 4.69) is 24.9 Å². The molecule has 2 aromatic rings. The van der Waals surface area contributed by atoms with Gasteiger partial charge in [-0.05, 0) is 10.3 Å².